The van der Waals surface area contributed by atoms with Crippen LogP contribution in [0.2, 0.25) is 0 Å². The summed E-state index contributed by atoms with van der Waals surface area (Å²) in [6.07, 6.45) is 0.983. The number of Topliss-reactive ketones (excluding diaryl/α,β-unsaturated/α-hetero) is 1. The first-order chi connectivity index (χ1) is 12.2. The van der Waals surface area contributed by atoms with E-state index in [1.165, 1.54) is 35.5 Å². The van der Waals surface area contributed by atoms with E-state index >= 15 is 0 Å². The molecule has 2 rings (SSSR count). The van der Waals surface area contributed by atoms with Gasteiger partial charge in [-0.15, -0.1) is 12.4 Å². The zero-order chi connectivity index (χ0) is 19.5. The first-order valence-corrected chi connectivity index (χ1v) is 10.2. The Labute approximate surface area is 167 Å². The van der Waals surface area contributed by atoms with Gasteiger partial charge in [-0.05, 0) is 38.8 Å². The van der Waals surface area contributed by atoms with Gasteiger partial charge in [0.05, 0.1) is 4.90 Å². The van der Waals surface area contributed by atoms with Gasteiger partial charge in [-0.1, -0.05) is 12.1 Å². The molecular weight excluding hydrogens is 390 g/mol. The average molecular weight is 418 g/mol. The van der Waals surface area contributed by atoms with Gasteiger partial charge in [0, 0.05) is 44.2 Å². The third-order valence-electron chi connectivity index (χ3n) is 5.05. The predicted molar refractivity (Wildman–Crippen MR) is 106 cm³/mol. The van der Waals surface area contributed by atoms with Gasteiger partial charge in [0.1, 0.15) is 0 Å². The average Bonchev–Trinajstić information content (AvgIpc) is 2.66. The number of rotatable bonds is 6. The Morgan fingerprint density at radius 1 is 1.22 bits per heavy atom. The minimum Gasteiger partial charge on any atom is -0.342 e. The predicted octanol–water partition coefficient (Wildman–Crippen LogP) is 1.52. The molecule has 1 aliphatic heterocycles. The number of piperidine rings is 1. The molecule has 0 aromatic heterocycles. The van der Waals surface area contributed by atoms with Crippen molar-refractivity contribution >= 4 is 34.1 Å². The van der Waals surface area contributed by atoms with Crippen molar-refractivity contribution < 1.29 is 18.0 Å². The Balaban J connectivity index is 0.00000364. The molecule has 1 aromatic carbocycles. The molecule has 0 saturated carbocycles. The van der Waals surface area contributed by atoms with Gasteiger partial charge in [0.2, 0.25) is 15.9 Å². The molecule has 1 aromatic rings. The maximum absolute atomic E-state index is 12.8. The quantitative estimate of drug-likeness (QED) is 0.707. The summed E-state index contributed by atoms with van der Waals surface area (Å²) in [6, 6.07) is 5.92. The van der Waals surface area contributed by atoms with E-state index in [2.05, 4.69) is 0 Å². The molecule has 1 unspecified atom stereocenters. The summed E-state index contributed by atoms with van der Waals surface area (Å²) < 4.78 is 26.9. The van der Waals surface area contributed by atoms with Crippen LogP contribution in [0.25, 0.3) is 0 Å². The molecule has 7 nitrogen and oxygen atoms in total. The maximum Gasteiger partial charge on any atom is 0.243 e. The highest BCUT2D eigenvalue weighted by Gasteiger charge is 2.33. The van der Waals surface area contributed by atoms with Crippen molar-refractivity contribution in [3.8, 4) is 0 Å². The molecule has 1 saturated heterocycles. The maximum atomic E-state index is 12.8. The van der Waals surface area contributed by atoms with Crippen LogP contribution in [0.3, 0.4) is 0 Å². The van der Waals surface area contributed by atoms with E-state index in [0.717, 1.165) is 0 Å². The number of likely N-dealkylation sites (N-methyl/N-ethyl adjacent to an activating group) is 1. The van der Waals surface area contributed by atoms with Crippen LogP contribution >= 0.6 is 12.4 Å². The number of nitrogens with zero attached hydrogens (tertiary/aromatic N) is 2. The summed E-state index contributed by atoms with van der Waals surface area (Å²) >= 11 is 0. The lowest BCUT2D eigenvalue weighted by molar-refractivity contribution is -0.137. The molecule has 0 aliphatic carbocycles. The van der Waals surface area contributed by atoms with E-state index in [1.54, 1.807) is 11.9 Å². The number of carbonyl (C=O) groups is 2. The third-order valence-corrected chi connectivity index (χ3v) is 6.96. The molecule has 1 heterocycles. The van der Waals surface area contributed by atoms with Crippen LogP contribution in [-0.2, 0) is 14.8 Å². The number of benzene rings is 1. The molecule has 0 radical (unpaired) electrons. The number of halogens is 1. The van der Waals surface area contributed by atoms with Crippen molar-refractivity contribution in [3.63, 3.8) is 0 Å². The van der Waals surface area contributed by atoms with Gasteiger partial charge < -0.3 is 10.6 Å². The first-order valence-electron chi connectivity index (χ1n) is 8.76. The van der Waals surface area contributed by atoms with Gasteiger partial charge in [-0.3, -0.25) is 9.59 Å². The number of ketones is 1. The van der Waals surface area contributed by atoms with E-state index in [0.29, 0.717) is 38.0 Å². The second-order valence-electron chi connectivity index (χ2n) is 6.79. The Hall–Kier alpha value is -1.48. The molecule has 0 bridgehead atoms. The molecular formula is C18H28ClN3O4S. The van der Waals surface area contributed by atoms with Crippen molar-refractivity contribution in [1.29, 1.82) is 0 Å². The molecule has 152 valence electrons. The monoisotopic (exact) mass is 417 g/mol. The summed E-state index contributed by atoms with van der Waals surface area (Å²) in [7, 11) is -1.88. The Bertz CT molecular complexity index is 759. The number of sulfonamides is 1. The molecule has 0 spiro atoms. The molecule has 1 aliphatic rings. The smallest absolute Gasteiger partial charge is 0.243 e. The second kappa shape index (κ2) is 9.64. The zero-order valence-corrected chi connectivity index (χ0v) is 17.6. The summed E-state index contributed by atoms with van der Waals surface area (Å²) in [4.78, 5) is 25.6. The van der Waals surface area contributed by atoms with Crippen LogP contribution in [0, 0.1) is 5.92 Å². The van der Waals surface area contributed by atoms with Crippen LogP contribution in [0.4, 0.5) is 0 Å². The highest BCUT2D eigenvalue weighted by atomic mass is 35.5. The number of amides is 1. The largest absolute Gasteiger partial charge is 0.342 e. The van der Waals surface area contributed by atoms with Crippen LogP contribution in [0.5, 0.6) is 0 Å². The van der Waals surface area contributed by atoms with Gasteiger partial charge in [0.25, 0.3) is 0 Å². The first kappa shape index (κ1) is 23.6. The van der Waals surface area contributed by atoms with Gasteiger partial charge in [-0.2, -0.15) is 4.31 Å². The van der Waals surface area contributed by atoms with Crippen molar-refractivity contribution in [1.82, 2.24) is 9.21 Å². The van der Waals surface area contributed by atoms with E-state index in [4.69, 9.17) is 5.73 Å². The molecule has 1 amide bonds. The fourth-order valence-corrected chi connectivity index (χ4v) is 4.49. The second-order valence-corrected chi connectivity index (χ2v) is 8.73. The minimum atomic E-state index is -3.62. The Morgan fingerprint density at radius 3 is 2.19 bits per heavy atom. The third kappa shape index (κ3) is 5.28. The standard InChI is InChI=1S/C18H27N3O4S.ClH/c1-13(12-19)20(3)18(23)16-8-10-21(11-9-16)26(24,25)17-6-4-15(5-7-17)14(2)22;/h4-7,13,16H,8-12,19H2,1-3H3;1H. The summed E-state index contributed by atoms with van der Waals surface area (Å²) in [5.41, 5.74) is 6.09. The Kier molecular flexibility index (Phi) is 8.41. The van der Waals surface area contributed by atoms with Gasteiger partial charge in [0.15, 0.2) is 5.78 Å². The van der Waals surface area contributed by atoms with E-state index in [9.17, 15) is 18.0 Å². The van der Waals surface area contributed by atoms with Crippen molar-refractivity contribution in [2.75, 3.05) is 26.7 Å². The highest BCUT2D eigenvalue weighted by Crippen LogP contribution is 2.25. The fraction of sp³-hybridized carbons (Fsp3) is 0.556. The molecule has 2 N–H and O–H groups in total. The van der Waals surface area contributed by atoms with Crippen molar-refractivity contribution in [2.45, 2.75) is 37.6 Å². The summed E-state index contributed by atoms with van der Waals surface area (Å²) in [6.45, 7) is 4.33. The van der Waals surface area contributed by atoms with Crippen molar-refractivity contribution in [3.05, 3.63) is 29.8 Å². The fourth-order valence-electron chi connectivity index (χ4n) is 3.02. The van der Waals surface area contributed by atoms with Crippen LogP contribution in [0.1, 0.15) is 37.0 Å². The topological polar surface area (TPSA) is 101 Å². The van der Waals surface area contributed by atoms with Gasteiger partial charge >= 0.3 is 0 Å². The zero-order valence-electron chi connectivity index (χ0n) is 15.9. The van der Waals surface area contributed by atoms with E-state index in [1.807, 2.05) is 6.92 Å². The Morgan fingerprint density at radius 2 is 1.74 bits per heavy atom. The normalized spacial score (nSPS) is 17.0. The van der Waals surface area contributed by atoms with E-state index in [-0.39, 0.29) is 41.0 Å². The molecule has 1 fully saturated rings. The van der Waals surface area contributed by atoms with Gasteiger partial charge in [-0.25, -0.2) is 8.42 Å². The SMILES string of the molecule is CC(=O)c1ccc(S(=O)(=O)N2CCC(C(=O)N(C)C(C)CN)CC2)cc1.Cl. The summed E-state index contributed by atoms with van der Waals surface area (Å²) in [5, 5.41) is 0. The lowest BCUT2D eigenvalue weighted by Crippen LogP contribution is -2.47. The lowest BCUT2D eigenvalue weighted by Gasteiger charge is -2.34. The van der Waals surface area contributed by atoms with Crippen LogP contribution in [0.15, 0.2) is 29.2 Å². The molecule has 27 heavy (non-hydrogen) atoms. The number of hydrogen-bond acceptors (Lipinski definition) is 5. The van der Waals surface area contributed by atoms with Crippen LogP contribution < -0.4 is 5.73 Å². The van der Waals surface area contributed by atoms with Crippen LogP contribution in [-0.4, -0.2) is 62.0 Å². The van der Waals surface area contributed by atoms with E-state index < -0.39 is 10.0 Å². The minimum absolute atomic E-state index is 0. The van der Waals surface area contributed by atoms with Crippen molar-refractivity contribution in [2.24, 2.45) is 11.7 Å². The number of hydrogen-bond donors (Lipinski definition) is 1. The molecule has 1 atom stereocenters. The number of carbonyl (C=O) groups excluding carboxylic acids is 2. The summed E-state index contributed by atoms with van der Waals surface area (Å²) in [5.74, 6) is -0.268. The lowest BCUT2D eigenvalue weighted by atomic mass is 9.96. The molecule has 9 heteroatoms. The highest BCUT2D eigenvalue weighted by molar-refractivity contribution is 7.89. The number of nitrogens with two attached hydrogens (primary N) is 1.